The lowest BCUT2D eigenvalue weighted by Crippen LogP contribution is -2.17. The second-order valence-corrected chi connectivity index (χ2v) is 9.11. The maximum absolute atomic E-state index is 13.0. The topological polar surface area (TPSA) is 99.2 Å². The van der Waals surface area contributed by atoms with Gasteiger partial charge in [-0.15, -0.1) is 5.10 Å². The largest absolute Gasteiger partial charge is 0.497 e. The van der Waals surface area contributed by atoms with Gasteiger partial charge in [0.15, 0.2) is 0 Å². The molecule has 0 radical (unpaired) electrons. The summed E-state index contributed by atoms with van der Waals surface area (Å²) >= 11 is 0. The van der Waals surface area contributed by atoms with Gasteiger partial charge in [-0.25, -0.2) is 14.8 Å². The summed E-state index contributed by atoms with van der Waals surface area (Å²) in [7, 11) is 1.63. The number of ether oxygens (including phenoxy) is 1. The number of hydrogen-bond acceptors (Lipinski definition) is 6. The number of hydrogen-bond donors (Lipinski definition) is 1. The zero-order valence-corrected chi connectivity index (χ0v) is 22.1. The van der Waals surface area contributed by atoms with Crippen LogP contribution in [0.15, 0.2) is 127 Å². The third-order valence-electron chi connectivity index (χ3n) is 6.43. The van der Waals surface area contributed by atoms with Gasteiger partial charge in [0, 0.05) is 28.5 Å². The highest BCUT2D eigenvalue weighted by Gasteiger charge is 2.13. The Morgan fingerprint density at radius 1 is 0.805 bits per heavy atom. The standard InChI is InChI=1S/C32H25N7O2/c1-41-29-17-15-24(16-18-29)31-26(21-38(36-31)27-12-6-3-7-13-27)20-33-35-32(40)25-11-8-14-28(19-25)39-22-30(34-37-39)23-9-4-2-5-10-23/h2-22H,1H3,(H,35,40)/b33-20+. The van der Waals surface area contributed by atoms with E-state index in [-0.39, 0.29) is 5.91 Å². The van der Waals surface area contributed by atoms with Crippen LogP contribution in [0.2, 0.25) is 0 Å². The van der Waals surface area contributed by atoms with E-state index in [4.69, 9.17) is 9.84 Å². The molecule has 6 aromatic rings. The number of amides is 1. The number of carbonyl (C=O) groups is 1. The van der Waals surface area contributed by atoms with Gasteiger partial charge in [-0.2, -0.15) is 10.2 Å². The molecule has 0 aliphatic rings. The number of rotatable bonds is 8. The lowest BCUT2D eigenvalue weighted by molar-refractivity contribution is 0.0955. The first-order chi connectivity index (χ1) is 20.2. The molecule has 2 heterocycles. The molecule has 0 unspecified atom stereocenters. The average molecular weight is 540 g/mol. The van der Waals surface area contributed by atoms with E-state index in [0.29, 0.717) is 11.3 Å². The molecule has 6 rings (SSSR count). The van der Waals surface area contributed by atoms with Crippen molar-refractivity contribution in [2.45, 2.75) is 0 Å². The zero-order valence-electron chi connectivity index (χ0n) is 22.1. The highest BCUT2D eigenvalue weighted by atomic mass is 16.5. The summed E-state index contributed by atoms with van der Waals surface area (Å²) < 4.78 is 8.72. The van der Waals surface area contributed by atoms with Gasteiger partial charge in [0.2, 0.25) is 0 Å². The third kappa shape index (κ3) is 5.64. The van der Waals surface area contributed by atoms with Gasteiger partial charge >= 0.3 is 0 Å². The number of aromatic nitrogens is 5. The van der Waals surface area contributed by atoms with Crippen molar-refractivity contribution >= 4 is 12.1 Å². The Hall–Kier alpha value is -5.83. The van der Waals surface area contributed by atoms with Gasteiger partial charge in [-0.1, -0.05) is 59.8 Å². The number of nitrogens with zero attached hydrogens (tertiary/aromatic N) is 6. The molecule has 0 fully saturated rings. The molecular formula is C32H25N7O2. The number of hydrazone groups is 1. The molecule has 0 bridgehead atoms. The highest BCUT2D eigenvalue weighted by Crippen LogP contribution is 2.25. The minimum Gasteiger partial charge on any atom is -0.497 e. The summed E-state index contributed by atoms with van der Waals surface area (Å²) in [5, 5.41) is 17.5. The Balaban J connectivity index is 1.22. The van der Waals surface area contributed by atoms with Gasteiger partial charge in [-0.3, -0.25) is 4.79 Å². The van der Waals surface area contributed by atoms with Crippen LogP contribution in [0.4, 0.5) is 0 Å². The van der Waals surface area contributed by atoms with Crippen LogP contribution in [0.3, 0.4) is 0 Å². The fourth-order valence-corrected chi connectivity index (χ4v) is 4.31. The average Bonchev–Trinajstić information content (AvgIpc) is 3.71. The molecule has 9 nitrogen and oxygen atoms in total. The summed E-state index contributed by atoms with van der Waals surface area (Å²) in [6.45, 7) is 0. The van der Waals surface area contributed by atoms with Crippen LogP contribution in [-0.4, -0.2) is 44.0 Å². The quantitative estimate of drug-likeness (QED) is 0.202. The first kappa shape index (κ1) is 25.4. The van der Waals surface area contributed by atoms with Crippen molar-refractivity contribution in [3.05, 3.63) is 133 Å². The fourth-order valence-electron chi connectivity index (χ4n) is 4.31. The summed E-state index contributed by atoms with van der Waals surface area (Å²) in [5.41, 5.74) is 8.75. The van der Waals surface area contributed by atoms with Crippen molar-refractivity contribution < 1.29 is 9.53 Å². The molecule has 0 saturated heterocycles. The summed E-state index contributed by atoms with van der Waals surface area (Å²) in [6, 6.07) is 34.3. The van der Waals surface area contributed by atoms with Crippen molar-refractivity contribution in [3.8, 4) is 39.6 Å². The summed E-state index contributed by atoms with van der Waals surface area (Å²) in [6.07, 6.45) is 5.30. The molecule has 0 aliphatic carbocycles. The third-order valence-corrected chi connectivity index (χ3v) is 6.43. The van der Waals surface area contributed by atoms with Crippen LogP contribution in [-0.2, 0) is 0 Å². The van der Waals surface area contributed by atoms with E-state index < -0.39 is 0 Å². The van der Waals surface area contributed by atoms with Gasteiger partial charge in [-0.05, 0) is 54.6 Å². The molecule has 0 aliphatic heterocycles. The molecule has 4 aromatic carbocycles. The van der Waals surface area contributed by atoms with Crippen LogP contribution in [0.25, 0.3) is 33.9 Å². The van der Waals surface area contributed by atoms with Crippen LogP contribution >= 0.6 is 0 Å². The molecule has 1 amide bonds. The monoisotopic (exact) mass is 539 g/mol. The van der Waals surface area contributed by atoms with Crippen LogP contribution in [0.1, 0.15) is 15.9 Å². The number of nitrogens with one attached hydrogen (secondary N) is 1. The van der Waals surface area contributed by atoms with E-state index in [1.807, 2.05) is 103 Å². The van der Waals surface area contributed by atoms with Gasteiger partial charge in [0.25, 0.3) is 5.91 Å². The Kier molecular flexibility index (Phi) is 7.14. The van der Waals surface area contributed by atoms with E-state index in [0.717, 1.165) is 39.5 Å². The van der Waals surface area contributed by atoms with E-state index in [1.54, 1.807) is 40.9 Å². The minimum atomic E-state index is -0.354. The molecule has 9 heteroatoms. The molecule has 41 heavy (non-hydrogen) atoms. The summed E-state index contributed by atoms with van der Waals surface area (Å²) in [5.74, 6) is 0.399. The van der Waals surface area contributed by atoms with Crippen molar-refractivity contribution in [2.75, 3.05) is 7.11 Å². The van der Waals surface area contributed by atoms with Crippen LogP contribution < -0.4 is 10.2 Å². The Morgan fingerprint density at radius 2 is 1.54 bits per heavy atom. The first-order valence-corrected chi connectivity index (χ1v) is 12.9. The van der Waals surface area contributed by atoms with Crippen molar-refractivity contribution in [1.82, 2.24) is 30.2 Å². The van der Waals surface area contributed by atoms with E-state index in [2.05, 4.69) is 20.8 Å². The Labute approximate surface area is 236 Å². The van der Waals surface area contributed by atoms with Crippen LogP contribution in [0, 0.1) is 0 Å². The molecule has 200 valence electrons. The minimum absolute atomic E-state index is 0.354. The number of methoxy groups -OCH3 is 1. The normalized spacial score (nSPS) is 11.0. The van der Waals surface area contributed by atoms with E-state index >= 15 is 0 Å². The van der Waals surface area contributed by atoms with Crippen molar-refractivity contribution in [3.63, 3.8) is 0 Å². The Bertz CT molecular complexity index is 1810. The zero-order chi connectivity index (χ0) is 28.0. The predicted octanol–water partition coefficient (Wildman–Crippen LogP) is 5.56. The lowest BCUT2D eigenvalue weighted by atomic mass is 10.1. The number of para-hydroxylation sites is 1. The maximum Gasteiger partial charge on any atom is 0.271 e. The second kappa shape index (κ2) is 11.5. The summed E-state index contributed by atoms with van der Waals surface area (Å²) in [4.78, 5) is 13.0. The number of carbonyl (C=O) groups excluding carboxylic acids is 1. The molecule has 0 spiro atoms. The van der Waals surface area contributed by atoms with Crippen LogP contribution in [0.5, 0.6) is 5.75 Å². The second-order valence-electron chi connectivity index (χ2n) is 9.11. The number of benzene rings is 4. The molecule has 0 atom stereocenters. The van der Waals surface area contributed by atoms with Gasteiger partial charge in [0.1, 0.15) is 17.1 Å². The van der Waals surface area contributed by atoms with Gasteiger partial charge < -0.3 is 4.74 Å². The van der Waals surface area contributed by atoms with E-state index in [1.165, 1.54) is 0 Å². The molecule has 2 aromatic heterocycles. The highest BCUT2D eigenvalue weighted by molar-refractivity contribution is 5.96. The SMILES string of the molecule is COc1ccc(-c2nn(-c3ccccc3)cc2/C=N/NC(=O)c2cccc(-n3cc(-c4ccccc4)nn3)c2)cc1. The Morgan fingerprint density at radius 3 is 2.29 bits per heavy atom. The smallest absolute Gasteiger partial charge is 0.271 e. The maximum atomic E-state index is 13.0. The van der Waals surface area contributed by atoms with Crippen molar-refractivity contribution in [2.24, 2.45) is 5.10 Å². The first-order valence-electron chi connectivity index (χ1n) is 12.9. The molecule has 0 saturated carbocycles. The molecular weight excluding hydrogens is 514 g/mol. The molecule has 1 N–H and O–H groups in total. The van der Waals surface area contributed by atoms with Crippen molar-refractivity contribution in [1.29, 1.82) is 0 Å². The lowest BCUT2D eigenvalue weighted by Gasteiger charge is -2.04. The van der Waals surface area contributed by atoms with Gasteiger partial charge in [0.05, 0.1) is 30.9 Å². The fraction of sp³-hybridized carbons (Fsp3) is 0.0312. The predicted molar refractivity (Wildman–Crippen MR) is 157 cm³/mol. The van der Waals surface area contributed by atoms with E-state index in [9.17, 15) is 4.79 Å².